The highest BCUT2D eigenvalue weighted by molar-refractivity contribution is 6.00. The van der Waals surface area contributed by atoms with Crippen molar-refractivity contribution in [1.29, 1.82) is 0 Å². The van der Waals surface area contributed by atoms with Crippen molar-refractivity contribution in [2.75, 3.05) is 24.6 Å². The highest BCUT2D eigenvalue weighted by Gasteiger charge is 2.36. The predicted octanol–water partition coefficient (Wildman–Crippen LogP) is 1.28. The Morgan fingerprint density at radius 2 is 1.86 bits per heavy atom. The van der Waals surface area contributed by atoms with Crippen molar-refractivity contribution < 1.29 is 37.1 Å². The molecule has 11 heteroatoms. The van der Waals surface area contributed by atoms with Gasteiger partial charge in [-0.05, 0) is 19.1 Å². The smallest absolute Gasteiger partial charge is 0.405 e. The second kappa shape index (κ2) is 8.72. The number of hydrogen-bond donors (Lipinski definition) is 2. The Labute approximate surface area is 158 Å². The fraction of sp³-hybridized carbons (Fsp3) is 0.412. The van der Waals surface area contributed by atoms with Crippen molar-refractivity contribution in [3.05, 3.63) is 29.8 Å². The summed E-state index contributed by atoms with van der Waals surface area (Å²) in [7, 11) is 0. The normalized spacial score (nSPS) is 16.6. The maximum atomic E-state index is 12.1. The van der Waals surface area contributed by atoms with Crippen LogP contribution in [0.15, 0.2) is 24.3 Å². The van der Waals surface area contributed by atoms with E-state index in [2.05, 4.69) is 0 Å². The summed E-state index contributed by atoms with van der Waals surface area (Å²) in [4.78, 5) is 48.2. The molecule has 0 radical (unpaired) electrons. The summed E-state index contributed by atoms with van der Waals surface area (Å²) in [6.45, 7) is -0.489. The minimum atomic E-state index is -4.62. The molecule has 1 heterocycles. The van der Waals surface area contributed by atoms with Crippen molar-refractivity contribution >= 4 is 29.5 Å². The van der Waals surface area contributed by atoms with E-state index >= 15 is 0 Å². The Hall–Kier alpha value is -3.11. The van der Waals surface area contributed by atoms with Gasteiger partial charge < -0.3 is 15.0 Å². The molecule has 1 unspecified atom stereocenters. The van der Waals surface area contributed by atoms with E-state index in [4.69, 9.17) is 4.74 Å². The van der Waals surface area contributed by atoms with Crippen molar-refractivity contribution in [3.63, 3.8) is 0 Å². The summed E-state index contributed by atoms with van der Waals surface area (Å²) in [5, 5.41) is 3.05. The van der Waals surface area contributed by atoms with Gasteiger partial charge in [-0.25, -0.2) is 4.79 Å². The molecule has 1 aromatic carbocycles. The number of alkyl halides is 3. The van der Waals surface area contributed by atoms with Gasteiger partial charge in [0.05, 0.1) is 5.92 Å². The van der Waals surface area contributed by atoms with Gasteiger partial charge in [0.2, 0.25) is 5.91 Å². The van der Waals surface area contributed by atoms with Gasteiger partial charge in [0, 0.05) is 18.7 Å². The van der Waals surface area contributed by atoms with Gasteiger partial charge in [-0.15, -0.1) is 0 Å². The molecule has 1 fully saturated rings. The van der Waals surface area contributed by atoms with Crippen molar-refractivity contribution in [1.82, 2.24) is 10.6 Å². The van der Waals surface area contributed by atoms with Crippen molar-refractivity contribution in [3.8, 4) is 0 Å². The Bertz CT molecular complexity index is 764. The molecule has 0 aromatic heterocycles. The number of carbonyl (C=O) groups excluding carboxylic acids is 4. The molecule has 2 N–H and O–H groups in total. The highest BCUT2D eigenvalue weighted by atomic mass is 19.4. The lowest BCUT2D eigenvalue weighted by molar-refractivity contribution is -0.152. The molecule has 8 nitrogen and oxygen atoms in total. The maximum Gasteiger partial charge on any atom is 0.405 e. The number of nitrogens with zero attached hydrogens (tertiary/aromatic N) is 1. The lowest BCUT2D eigenvalue weighted by atomic mass is 10.1. The van der Waals surface area contributed by atoms with Gasteiger partial charge in [0.1, 0.15) is 6.54 Å². The lowest BCUT2D eigenvalue weighted by Gasteiger charge is -2.16. The molecule has 1 atom stereocenters. The van der Waals surface area contributed by atoms with Crippen molar-refractivity contribution in [2.24, 2.45) is 5.92 Å². The SMILES string of the molecule is Cc1ccc(N2CC(C(=O)OCC(=O)NC(=O)NCC(F)(F)F)CC2=O)cc1. The molecule has 4 amide bonds. The summed E-state index contributed by atoms with van der Waals surface area (Å²) in [5.74, 6) is -2.97. The van der Waals surface area contributed by atoms with Crippen LogP contribution in [0, 0.1) is 12.8 Å². The van der Waals surface area contributed by atoms with Crippen LogP contribution in [0.3, 0.4) is 0 Å². The zero-order valence-corrected chi connectivity index (χ0v) is 14.8. The van der Waals surface area contributed by atoms with Crippen LogP contribution in [0.4, 0.5) is 23.7 Å². The summed E-state index contributed by atoms with van der Waals surface area (Å²) < 4.78 is 40.6. The zero-order valence-electron chi connectivity index (χ0n) is 14.8. The van der Waals surface area contributed by atoms with E-state index in [0.717, 1.165) is 5.56 Å². The number of amides is 4. The molecule has 2 rings (SSSR count). The van der Waals surface area contributed by atoms with E-state index in [1.54, 1.807) is 17.4 Å². The molecule has 0 spiro atoms. The molecular weight excluding hydrogens is 383 g/mol. The van der Waals surface area contributed by atoms with E-state index in [1.165, 1.54) is 10.2 Å². The molecule has 1 aromatic rings. The van der Waals surface area contributed by atoms with Crippen LogP contribution in [0.1, 0.15) is 12.0 Å². The Balaban J connectivity index is 1.78. The number of nitrogens with one attached hydrogen (secondary N) is 2. The van der Waals surface area contributed by atoms with Gasteiger partial charge in [0.15, 0.2) is 6.61 Å². The molecule has 1 aliphatic rings. The number of urea groups is 1. The summed E-state index contributed by atoms with van der Waals surface area (Å²) in [6.07, 6.45) is -4.72. The van der Waals surface area contributed by atoms with Crippen LogP contribution in [0.5, 0.6) is 0 Å². The van der Waals surface area contributed by atoms with E-state index in [-0.39, 0.29) is 18.9 Å². The highest BCUT2D eigenvalue weighted by Crippen LogP contribution is 2.26. The predicted molar refractivity (Wildman–Crippen MR) is 90.2 cm³/mol. The Morgan fingerprint density at radius 1 is 1.21 bits per heavy atom. The molecule has 1 aliphatic heterocycles. The van der Waals surface area contributed by atoms with Crippen LogP contribution in [-0.2, 0) is 19.1 Å². The molecule has 28 heavy (non-hydrogen) atoms. The molecule has 0 bridgehead atoms. The monoisotopic (exact) mass is 401 g/mol. The number of esters is 1. The van der Waals surface area contributed by atoms with Crippen LogP contribution in [0.2, 0.25) is 0 Å². The molecule has 0 aliphatic carbocycles. The van der Waals surface area contributed by atoms with Crippen LogP contribution < -0.4 is 15.5 Å². The third kappa shape index (κ3) is 6.25. The molecule has 152 valence electrons. The standard InChI is InChI=1S/C17H18F3N3O5/c1-10-2-4-12(5-3-10)23-7-11(6-14(23)25)15(26)28-8-13(24)22-16(27)21-9-17(18,19)20/h2-5,11H,6-9H2,1H3,(H2,21,22,24,27). The van der Waals surface area contributed by atoms with E-state index in [0.29, 0.717) is 5.69 Å². The minimum absolute atomic E-state index is 0.0778. The number of imide groups is 1. The Morgan fingerprint density at radius 3 is 2.46 bits per heavy atom. The van der Waals surface area contributed by atoms with Crippen molar-refractivity contribution in [2.45, 2.75) is 19.5 Å². The first-order chi connectivity index (χ1) is 13.0. The Kier molecular flexibility index (Phi) is 6.60. The second-order valence-electron chi connectivity index (χ2n) is 6.19. The van der Waals surface area contributed by atoms with E-state index in [9.17, 15) is 32.3 Å². The fourth-order valence-electron chi connectivity index (χ4n) is 2.48. The second-order valence-corrected chi connectivity index (χ2v) is 6.19. The number of anilines is 1. The van der Waals surface area contributed by atoms with Gasteiger partial charge in [-0.2, -0.15) is 13.2 Å². The minimum Gasteiger partial charge on any atom is -0.455 e. The van der Waals surface area contributed by atoms with Gasteiger partial charge in [-0.3, -0.25) is 19.7 Å². The maximum absolute atomic E-state index is 12.1. The quantitative estimate of drug-likeness (QED) is 0.724. The first-order valence-electron chi connectivity index (χ1n) is 8.23. The van der Waals surface area contributed by atoms with E-state index in [1.807, 2.05) is 19.1 Å². The van der Waals surface area contributed by atoms with Gasteiger partial charge in [0.25, 0.3) is 5.91 Å². The average molecular weight is 401 g/mol. The molecular formula is C17H18F3N3O5. The molecule has 1 saturated heterocycles. The fourth-order valence-corrected chi connectivity index (χ4v) is 2.48. The van der Waals surface area contributed by atoms with Crippen LogP contribution in [0.25, 0.3) is 0 Å². The number of carbonyl (C=O) groups is 4. The number of benzene rings is 1. The number of ether oxygens (including phenoxy) is 1. The largest absolute Gasteiger partial charge is 0.455 e. The number of hydrogen-bond acceptors (Lipinski definition) is 5. The third-order valence-electron chi connectivity index (χ3n) is 3.85. The first kappa shape index (κ1) is 21.2. The average Bonchev–Trinajstić information content (AvgIpc) is 3.00. The third-order valence-corrected chi connectivity index (χ3v) is 3.85. The topological polar surface area (TPSA) is 105 Å². The number of halogens is 3. The first-order valence-corrected chi connectivity index (χ1v) is 8.23. The van der Waals surface area contributed by atoms with Crippen LogP contribution in [-0.4, -0.2) is 49.7 Å². The summed E-state index contributed by atoms with van der Waals surface area (Å²) in [6, 6.07) is 5.77. The number of rotatable bonds is 5. The summed E-state index contributed by atoms with van der Waals surface area (Å²) >= 11 is 0. The summed E-state index contributed by atoms with van der Waals surface area (Å²) in [5.41, 5.74) is 1.64. The van der Waals surface area contributed by atoms with E-state index < -0.39 is 43.2 Å². The number of aryl methyl sites for hydroxylation is 1. The van der Waals surface area contributed by atoms with Crippen LogP contribution >= 0.6 is 0 Å². The molecule has 0 saturated carbocycles. The lowest BCUT2D eigenvalue weighted by Crippen LogP contribution is -2.44. The van der Waals surface area contributed by atoms with Gasteiger partial charge in [-0.1, -0.05) is 17.7 Å². The zero-order chi connectivity index (χ0) is 20.9. The van der Waals surface area contributed by atoms with Gasteiger partial charge >= 0.3 is 18.2 Å².